The molecule has 0 fully saturated rings. The molecule has 0 aliphatic heterocycles. The zero-order valence-corrected chi connectivity index (χ0v) is 13.9. The summed E-state index contributed by atoms with van der Waals surface area (Å²) in [6.07, 6.45) is 13.1. The second-order valence-corrected chi connectivity index (χ2v) is 6.17. The normalized spacial score (nSPS) is 11.2. The van der Waals surface area contributed by atoms with Crippen molar-refractivity contribution in [3.63, 3.8) is 0 Å². The van der Waals surface area contributed by atoms with Crippen molar-refractivity contribution in [3.05, 3.63) is 11.9 Å². The van der Waals surface area contributed by atoms with E-state index in [2.05, 4.69) is 48.8 Å². The van der Waals surface area contributed by atoms with Gasteiger partial charge in [0.1, 0.15) is 0 Å². The van der Waals surface area contributed by atoms with Gasteiger partial charge in [0.25, 0.3) is 0 Å². The first-order valence-corrected chi connectivity index (χ1v) is 8.43. The van der Waals surface area contributed by atoms with Crippen LogP contribution in [0.15, 0.2) is 6.20 Å². The maximum Gasteiger partial charge on any atom is 0.203 e. The highest BCUT2D eigenvalue weighted by molar-refractivity contribution is 5.29. The standard InChI is InChI=1S/C17H33N3/c1-5-6-7-8-9-10-11-12-13-20-14-16(4)19-17(20)18-15(2)3/h14-15H,5-13H2,1-4H3,(H,18,19). The van der Waals surface area contributed by atoms with Gasteiger partial charge in [0.2, 0.25) is 5.95 Å². The molecule has 116 valence electrons. The van der Waals surface area contributed by atoms with Crippen LogP contribution in [-0.4, -0.2) is 15.6 Å². The van der Waals surface area contributed by atoms with Crippen LogP contribution in [-0.2, 0) is 6.54 Å². The van der Waals surface area contributed by atoms with Gasteiger partial charge in [-0.15, -0.1) is 0 Å². The molecule has 0 radical (unpaired) electrons. The van der Waals surface area contributed by atoms with Crippen LogP contribution in [0.4, 0.5) is 5.95 Å². The monoisotopic (exact) mass is 279 g/mol. The zero-order chi connectivity index (χ0) is 14.8. The lowest BCUT2D eigenvalue weighted by Gasteiger charge is -2.12. The molecule has 0 aromatic carbocycles. The molecule has 0 unspecified atom stereocenters. The van der Waals surface area contributed by atoms with E-state index in [0.29, 0.717) is 6.04 Å². The maximum atomic E-state index is 4.55. The molecule has 0 atom stereocenters. The number of nitrogens with zero attached hydrogens (tertiary/aromatic N) is 2. The van der Waals surface area contributed by atoms with E-state index in [9.17, 15) is 0 Å². The summed E-state index contributed by atoms with van der Waals surface area (Å²) in [7, 11) is 0. The Morgan fingerprint density at radius 2 is 1.65 bits per heavy atom. The first-order valence-electron chi connectivity index (χ1n) is 8.43. The van der Waals surface area contributed by atoms with Crippen LogP contribution in [0.5, 0.6) is 0 Å². The predicted octanol–water partition coefficient (Wildman–Crippen LogP) is 5.15. The summed E-state index contributed by atoms with van der Waals surface area (Å²) in [6, 6.07) is 0.439. The van der Waals surface area contributed by atoms with Crippen molar-refractivity contribution >= 4 is 5.95 Å². The van der Waals surface area contributed by atoms with Gasteiger partial charge in [0.15, 0.2) is 0 Å². The fourth-order valence-electron chi connectivity index (χ4n) is 2.51. The number of nitrogens with one attached hydrogen (secondary N) is 1. The van der Waals surface area contributed by atoms with Crippen LogP contribution >= 0.6 is 0 Å². The van der Waals surface area contributed by atoms with E-state index in [-0.39, 0.29) is 0 Å². The Morgan fingerprint density at radius 3 is 2.25 bits per heavy atom. The average Bonchev–Trinajstić information content (AvgIpc) is 2.72. The van der Waals surface area contributed by atoms with Crippen molar-refractivity contribution in [3.8, 4) is 0 Å². The Bertz CT molecular complexity index is 355. The number of rotatable bonds is 11. The van der Waals surface area contributed by atoms with Crippen LogP contribution in [0.25, 0.3) is 0 Å². The van der Waals surface area contributed by atoms with Crippen molar-refractivity contribution in [2.45, 2.75) is 91.6 Å². The smallest absolute Gasteiger partial charge is 0.203 e. The molecule has 0 aliphatic carbocycles. The van der Waals surface area contributed by atoms with Crippen LogP contribution < -0.4 is 5.32 Å². The van der Waals surface area contributed by atoms with Crippen molar-refractivity contribution in [2.75, 3.05) is 5.32 Å². The summed E-state index contributed by atoms with van der Waals surface area (Å²) in [6.45, 7) is 9.74. The number of imidazole rings is 1. The van der Waals surface area contributed by atoms with Gasteiger partial charge in [-0.05, 0) is 27.2 Å². The van der Waals surface area contributed by atoms with E-state index in [1.54, 1.807) is 0 Å². The van der Waals surface area contributed by atoms with E-state index in [4.69, 9.17) is 0 Å². The molecule has 20 heavy (non-hydrogen) atoms. The molecular weight excluding hydrogens is 246 g/mol. The van der Waals surface area contributed by atoms with Gasteiger partial charge in [0.05, 0.1) is 5.69 Å². The Morgan fingerprint density at radius 1 is 1.05 bits per heavy atom. The van der Waals surface area contributed by atoms with Gasteiger partial charge in [-0.2, -0.15) is 0 Å². The molecule has 0 amide bonds. The molecule has 1 aromatic heterocycles. The third kappa shape index (κ3) is 6.97. The zero-order valence-electron chi connectivity index (χ0n) is 13.9. The maximum absolute atomic E-state index is 4.55. The van der Waals surface area contributed by atoms with Gasteiger partial charge >= 0.3 is 0 Å². The SMILES string of the molecule is CCCCCCCCCCn1cc(C)nc1NC(C)C. The quantitative estimate of drug-likeness (QED) is 0.567. The molecule has 1 rings (SSSR count). The third-order valence-electron chi connectivity index (χ3n) is 3.57. The van der Waals surface area contributed by atoms with Crippen LogP contribution in [0.1, 0.15) is 77.8 Å². The predicted molar refractivity (Wildman–Crippen MR) is 88.3 cm³/mol. The van der Waals surface area contributed by atoms with Crippen LogP contribution in [0, 0.1) is 6.92 Å². The molecule has 3 heteroatoms. The number of unbranched alkanes of at least 4 members (excludes halogenated alkanes) is 7. The van der Waals surface area contributed by atoms with Gasteiger partial charge < -0.3 is 9.88 Å². The number of hydrogen-bond acceptors (Lipinski definition) is 2. The van der Waals surface area contributed by atoms with E-state index in [0.717, 1.165) is 18.2 Å². The molecule has 0 saturated carbocycles. The van der Waals surface area contributed by atoms with Crippen molar-refractivity contribution in [1.82, 2.24) is 9.55 Å². The fourth-order valence-corrected chi connectivity index (χ4v) is 2.51. The minimum absolute atomic E-state index is 0.439. The highest BCUT2D eigenvalue weighted by atomic mass is 15.2. The number of anilines is 1. The van der Waals surface area contributed by atoms with Crippen molar-refractivity contribution < 1.29 is 0 Å². The average molecular weight is 279 g/mol. The van der Waals surface area contributed by atoms with Crippen LogP contribution in [0.2, 0.25) is 0 Å². The summed E-state index contributed by atoms with van der Waals surface area (Å²) in [5, 5.41) is 3.42. The Hall–Kier alpha value is -0.990. The molecule has 1 heterocycles. The first-order chi connectivity index (χ1) is 9.63. The largest absolute Gasteiger partial charge is 0.353 e. The lowest BCUT2D eigenvalue weighted by molar-refractivity contribution is 0.544. The van der Waals surface area contributed by atoms with E-state index >= 15 is 0 Å². The Labute approximate surface area is 125 Å². The summed E-state index contributed by atoms with van der Waals surface area (Å²) >= 11 is 0. The Kier molecular flexibility index (Phi) is 8.40. The third-order valence-corrected chi connectivity index (χ3v) is 3.57. The topological polar surface area (TPSA) is 29.9 Å². The molecule has 0 bridgehead atoms. The molecule has 1 N–H and O–H groups in total. The molecule has 0 saturated heterocycles. The van der Waals surface area contributed by atoms with E-state index in [1.165, 1.54) is 51.4 Å². The molecule has 3 nitrogen and oxygen atoms in total. The minimum atomic E-state index is 0.439. The second kappa shape index (κ2) is 9.84. The minimum Gasteiger partial charge on any atom is -0.353 e. The van der Waals surface area contributed by atoms with Gasteiger partial charge in [-0.1, -0.05) is 51.9 Å². The second-order valence-electron chi connectivity index (χ2n) is 6.17. The summed E-state index contributed by atoms with van der Waals surface area (Å²) in [5.41, 5.74) is 1.10. The van der Waals surface area contributed by atoms with Gasteiger partial charge in [-0.3, -0.25) is 0 Å². The lowest BCUT2D eigenvalue weighted by atomic mass is 10.1. The highest BCUT2D eigenvalue weighted by Crippen LogP contribution is 2.13. The highest BCUT2D eigenvalue weighted by Gasteiger charge is 2.06. The summed E-state index contributed by atoms with van der Waals surface area (Å²) in [5.74, 6) is 1.03. The van der Waals surface area contributed by atoms with E-state index in [1.807, 2.05) is 0 Å². The van der Waals surface area contributed by atoms with Crippen molar-refractivity contribution in [2.24, 2.45) is 0 Å². The number of hydrogen-bond donors (Lipinski definition) is 1. The van der Waals surface area contributed by atoms with Gasteiger partial charge in [-0.25, -0.2) is 4.98 Å². The number of aryl methyl sites for hydroxylation is 2. The number of aromatic nitrogens is 2. The fraction of sp³-hybridized carbons (Fsp3) is 0.824. The first kappa shape index (κ1) is 17.1. The summed E-state index contributed by atoms with van der Waals surface area (Å²) < 4.78 is 2.27. The molecule has 1 aromatic rings. The van der Waals surface area contributed by atoms with Crippen LogP contribution in [0.3, 0.4) is 0 Å². The molecule has 0 spiro atoms. The lowest BCUT2D eigenvalue weighted by Crippen LogP contribution is -2.14. The summed E-state index contributed by atoms with van der Waals surface area (Å²) in [4.78, 5) is 4.55. The Balaban J connectivity index is 2.18. The molecule has 0 aliphatic rings. The van der Waals surface area contributed by atoms with E-state index < -0.39 is 0 Å². The van der Waals surface area contributed by atoms with Crippen molar-refractivity contribution in [1.29, 1.82) is 0 Å². The van der Waals surface area contributed by atoms with Gasteiger partial charge in [0, 0.05) is 18.8 Å². The molecular formula is C17H33N3.